The molecule has 39 heavy (non-hydrogen) atoms. The summed E-state index contributed by atoms with van der Waals surface area (Å²) in [4.78, 5) is 12.8. The summed E-state index contributed by atoms with van der Waals surface area (Å²) >= 11 is 0. The number of unbranched alkanes of at least 4 members (excludes halogenated alkanes) is 2. The molecule has 3 aromatic rings. The third-order valence-electron chi connectivity index (χ3n) is 7.80. The van der Waals surface area contributed by atoms with E-state index >= 15 is 0 Å². The van der Waals surface area contributed by atoms with Crippen LogP contribution in [-0.4, -0.2) is 5.97 Å². The van der Waals surface area contributed by atoms with E-state index in [1.807, 2.05) is 12.1 Å². The minimum absolute atomic E-state index is 0.0986. The monoisotopic (exact) mass is 540 g/mol. The van der Waals surface area contributed by atoms with E-state index in [1.54, 1.807) is 24.3 Å². The van der Waals surface area contributed by atoms with E-state index < -0.39 is 40.9 Å². The van der Waals surface area contributed by atoms with Crippen LogP contribution in [0, 0.1) is 29.2 Å². The third kappa shape index (κ3) is 6.71. The summed E-state index contributed by atoms with van der Waals surface area (Å²) in [6, 6.07) is 13.3. The van der Waals surface area contributed by atoms with Crippen molar-refractivity contribution < 1.29 is 27.1 Å². The first-order chi connectivity index (χ1) is 18.8. The highest BCUT2D eigenvalue weighted by atomic mass is 19.2. The maximum absolute atomic E-state index is 14.9. The van der Waals surface area contributed by atoms with Gasteiger partial charge in [-0.15, -0.1) is 0 Å². The van der Waals surface area contributed by atoms with E-state index in [9.17, 15) is 22.4 Å². The molecule has 3 aromatic carbocycles. The number of carbonyl (C=O) groups excluding carboxylic acids is 1. The lowest BCUT2D eigenvalue weighted by Gasteiger charge is -2.28. The van der Waals surface area contributed by atoms with Crippen molar-refractivity contribution in [2.45, 2.75) is 84.0 Å². The minimum Gasteiger partial charge on any atom is -0.423 e. The molecule has 0 atom stereocenters. The Morgan fingerprint density at radius 3 is 2.13 bits per heavy atom. The lowest BCUT2D eigenvalue weighted by atomic mass is 9.78. The molecule has 0 aliphatic heterocycles. The summed E-state index contributed by atoms with van der Waals surface area (Å²) in [5, 5.41) is 0. The fourth-order valence-corrected chi connectivity index (χ4v) is 5.48. The molecule has 0 heterocycles. The van der Waals surface area contributed by atoms with Crippen molar-refractivity contribution in [2.75, 3.05) is 0 Å². The van der Waals surface area contributed by atoms with E-state index in [4.69, 9.17) is 4.74 Å². The molecule has 0 bridgehead atoms. The maximum atomic E-state index is 14.9. The van der Waals surface area contributed by atoms with E-state index in [-0.39, 0.29) is 11.5 Å². The van der Waals surface area contributed by atoms with E-state index in [2.05, 4.69) is 13.8 Å². The fraction of sp³-hybridized carbons (Fsp3) is 0.424. The Bertz CT molecular complexity index is 1280. The van der Waals surface area contributed by atoms with Crippen LogP contribution in [0.25, 0.3) is 11.1 Å². The molecule has 1 saturated carbocycles. The van der Waals surface area contributed by atoms with Gasteiger partial charge in [0, 0.05) is 5.56 Å². The number of carbonyl (C=O) groups is 1. The zero-order valence-corrected chi connectivity index (χ0v) is 22.7. The molecule has 0 radical (unpaired) electrons. The number of hydrogen-bond acceptors (Lipinski definition) is 2. The summed E-state index contributed by atoms with van der Waals surface area (Å²) in [5.74, 6) is -5.65. The smallest absolute Gasteiger partial charge is 0.314 e. The first-order valence-corrected chi connectivity index (χ1v) is 14.1. The van der Waals surface area contributed by atoms with Crippen LogP contribution in [0.5, 0.6) is 5.75 Å². The molecule has 0 saturated heterocycles. The van der Waals surface area contributed by atoms with Crippen molar-refractivity contribution in [2.24, 2.45) is 5.92 Å². The highest BCUT2D eigenvalue weighted by molar-refractivity contribution is 5.76. The summed E-state index contributed by atoms with van der Waals surface area (Å²) in [6.07, 6.45) is 6.97. The van der Waals surface area contributed by atoms with E-state index in [0.717, 1.165) is 37.7 Å². The largest absolute Gasteiger partial charge is 0.423 e. The Morgan fingerprint density at radius 1 is 0.744 bits per heavy atom. The zero-order valence-electron chi connectivity index (χ0n) is 22.7. The zero-order chi connectivity index (χ0) is 27.9. The second-order valence-electron chi connectivity index (χ2n) is 10.6. The van der Waals surface area contributed by atoms with Gasteiger partial charge in [-0.05, 0) is 85.3 Å². The molecule has 1 aliphatic carbocycles. The maximum Gasteiger partial charge on any atom is 0.314 e. The van der Waals surface area contributed by atoms with E-state index in [0.29, 0.717) is 48.8 Å². The lowest BCUT2D eigenvalue weighted by molar-refractivity contribution is -0.140. The summed E-state index contributed by atoms with van der Waals surface area (Å²) < 4.78 is 64.5. The molecule has 0 N–H and O–H groups in total. The molecule has 4 rings (SSSR count). The van der Waals surface area contributed by atoms with E-state index in [1.165, 1.54) is 12.1 Å². The number of aryl methyl sites for hydroxylation is 2. The SMILES string of the molecule is CCCCCc1ccc(C2CCC(C(=O)Oc3ccc(-c4ccc(CCC)cc4)c(F)c3F)CC2)c(F)c1F. The van der Waals surface area contributed by atoms with Crippen LogP contribution in [0.4, 0.5) is 17.6 Å². The van der Waals surface area contributed by atoms with Crippen LogP contribution in [0.3, 0.4) is 0 Å². The number of rotatable bonds is 10. The van der Waals surface area contributed by atoms with Gasteiger partial charge in [0.1, 0.15) is 0 Å². The minimum atomic E-state index is -1.20. The first-order valence-electron chi connectivity index (χ1n) is 14.1. The van der Waals surface area contributed by atoms with Gasteiger partial charge >= 0.3 is 5.97 Å². The molecule has 1 aliphatic rings. The Labute approximate surface area is 228 Å². The van der Waals surface area contributed by atoms with Crippen molar-refractivity contribution >= 4 is 5.97 Å². The number of halogens is 4. The molecule has 1 fully saturated rings. The summed E-state index contributed by atoms with van der Waals surface area (Å²) in [7, 11) is 0. The molecule has 2 nitrogen and oxygen atoms in total. The fourth-order valence-electron chi connectivity index (χ4n) is 5.48. The van der Waals surface area contributed by atoms with Gasteiger partial charge in [-0.2, -0.15) is 4.39 Å². The summed E-state index contributed by atoms with van der Waals surface area (Å²) in [5.41, 5.74) is 2.50. The predicted molar refractivity (Wildman–Crippen MR) is 146 cm³/mol. The van der Waals surface area contributed by atoms with Crippen molar-refractivity contribution in [1.29, 1.82) is 0 Å². The van der Waals surface area contributed by atoms with Gasteiger partial charge in [-0.25, -0.2) is 13.2 Å². The number of hydrogen-bond donors (Lipinski definition) is 0. The Morgan fingerprint density at radius 2 is 1.46 bits per heavy atom. The van der Waals surface area contributed by atoms with Gasteiger partial charge in [0.05, 0.1) is 5.92 Å². The first kappa shape index (κ1) is 28.8. The normalized spacial score (nSPS) is 17.3. The van der Waals surface area contributed by atoms with Crippen LogP contribution in [-0.2, 0) is 17.6 Å². The lowest BCUT2D eigenvalue weighted by Crippen LogP contribution is -2.26. The van der Waals surface area contributed by atoms with Gasteiger partial charge in [-0.3, -0.25) is 4.79 Å². The highest BCUT2D eigenvalue weighted by Gasteiger charge is 2.31. The Kier molecular flexibility index (Phi) is 9.82. The molecule has 0 spiro atoms. The average Bonchev–Trinajstić information content (AvgIpc) is 2.95. The van der Waals surface area contributed by atoms with Crippen LogP contribution < -0.4 is 4.74 Å². The van der Waals surface area contributed by atoms with Crippen molar-refractivity contribution in [3.63, 3.8) is 0 Å². The van der Waals surface area contributed by atoms with Crippen molar-refractivity contribution in [3.8, 4) is 16.9 Å². The van der Waals surface area contributed by atoms with Crippen molar-refractivity contribution in [1.82, 2.24) is 0 Å². The second kappa shape index (κ2) is 13.3. The van der Waals surface area contributed by atoms with Gasteiger partial charge in [-0.1, -0.05) is 69.5 Å². The molecule has 6 heteroatoms. The standard InChI is InChI=1S/C33H36F4O2/c1-3-5-6-8-24-17-18-26(30(35)29(24)34)23-13-15-25(16-14-23)33(38)39-28-20-19-27(31(36)32(28)37)22-11-9-21(7-4-2)10-12-22/h9-12,17-20,23,25H,3-8,13-16H2,1-2H3. The Balaban J connectivity index is 1.37. The number of esters is 1. The number of ether oxygens (including phenoxy) is 1. The molecule has 0 aromatic heterocycles. The molecular weight excluding hydrogens is 504 g/mol. The van der Waals surface area contributed by atoms with Gasteiger partial charge in [0.25, 0.3) is 0 Å². The second-order valence-corrected chi connectivity index (χ2v) is 10.6. The van der Waals surface area contributed by atoms with Gasteiger partial charge in [0.2, 0.25) is 5.82 Å². The molecular formula is C33H36F4O2. The Hall–Kier alpha value is -3.15. The topological polar surface area (TPSA) is 26.3 Å². The predicted octanol–water partition coefficient (Wildman–Crippen LogP) is 9.47. The van der Waals surface area contributed by atoms with Crippen LogP contribution in [0.1, 0.15) is 87.8 Å². The quantitative estimate of drug-likeness (QED) is 0.111. The third-order valence-corrected chi connectivity index (χ3v) is 7.80. The molecule has 0 amide bonds. The molecule has 208 valence electrons. The van der Waals surface area contributed by atoms with Crippen LogP contribution in [0.15, 0.2) is 48.5 Å². The van der Waals surface area contributed by atoms with Gasteiger partial charge in [0.15, 0.2) is 23.2 Å². The number of benzene rings is 3. The van der Waals surface area contributed by atoms with Crippen LogP contribution in [0.2, 0.25) is 0 Å². The summed E-state index contributed by atoms with van der Waals surface area (Å²) in [6.45, 7) is 4.13. The molecule has 0 unspecified atom stereocenters. The van der Waals surface area contributed by atoms with Gasteiger partial charge < -0.3 is 4.74 Å². The van der Waals surface area contributed by atoms with Crippen molar-refractivity contribution in [3.05, 3.63) is 88.5 Å². The average molecular weight is 541 g/mol. The highest BCUT2D eigenvalue weighted by Crippen LogP contribution is 2.39. The van der Waals surface area contributed by atoms with Crippen LogP contribution >= 0.6 is 0 Å².